The van der Waals surface area contributed by atoms with Crippen molar-refractivity contribution in [2.75, 3.05) is 13.1 Å². The van der Waals surface area contributed by atoms with Gasteiger partial charge in [-0.25, -0.2) is 0 Å². The summed E-state index contributed by atoms with van der Waals surface area (Å²) in [5.41, 5.74) is 2.74. The molecule has 0 fully saturated rings. The van der Waals surface area contributed by atoms with E-state index in [1.54, 1.807) is 0 Å². The Morgan fingerprint density at radius 1 is 0.333 bits per heavy atom. The molecule has 266 valence electrons. The third-order valence-electron chi connectivity index (χ3n) is 10.5. The van der Waals surface area contributed by atoms with E-state index in [4.69, 9.17) is 0 Å². The quantitative estimate of drug-likeness (QED) is 0.109. The second-order valence-electron chi connectivity index (χ2n) is 13.8. The normalized spacial score (nSPS) is 12.9. The maximum Gasteiger partial charge on any atom is 0.0368 e. The first kappa shape index (κ1) is 36.1. The van der Waals surface area contributed by atoms with Crippen molar-refractivity contribution in [2.45, 2.75) is 25.9 Å². The highest BCUT2D eigenvalue weighted by atomic mass is 31.1. The van der Waals surface area contributed by atoms with Crippen LogP contribution in [0.4, 0.5) is 0 Å². The van der Waals surface area contributed by atoms with Crippen molar-refractivity contribution in [3.8, 4) is 0 Å². The number of fused-ring (bicyclic) bond motifs is 2. The molecule has 0 aliphatic rings. The van der Waals surface area contributed by atoms with Crippen molar-refractivity contribution in [1.82, 2.24) is 9.34 Å². The number of benzene rings is 8. The van der Waals surface area contributed by atoms with Crippen LogP contribution in [0.2, 0.25) is 0 Å². The minimum Gasteiger partial charge on any atom is -0.266 e. The molecule has 0 spiro atoms. The van der Waals surface area contributed by atoms with Crippen LogP contribution in [0.25, 0.3) is 21.5 Å². The van der Waals surface area contributed by atoms with Gasteiger partial charge in [0.2, 0.25) is 0 Å². The zero-order valence-corrected chi connectivity index (χ0v) is 32.8. The van der Waals surface area contributed by atoms with Gasteiger partial charge in [0, 0.05) is 41.3 Å². The van der Waals surface area contributed by atoms with E-state index in [0.29, 0.717) is 0 Å². The van der Waals surface area contributed by atoms with Gasteiger partial charge in [0.15, 0.2) is 0 Å². The van der Waals surface area contributed by atoms with Crippen LogP contribution in [0.3, 0.4) is 0 Å². The van der Waals surface area contributed by atoms with Crippen molar-refractivity contribution in [3.05, 3.63) is 217 Å². The minimum atomic E-state index is -0.879. The molecule has 0 amide bonds. The van der Waals surface area contributed by atoms with Gasteiger partial charge in [-0.3, -0.25) is 9.34 Å². The van der Waals surface area contributed by atoms with Gasteiger partial charge in [-0.1, -0.05) is 206 Å². The predicted octanol–water partition coefficient (Wildman–Crippen LogP) is 11.5. The summed E-state index contributed by atoms with van der Waals surface area (Å²) < 4.78 is 5.65. The number of hydrogen-bond donors (Lipinski definition) is 0. The standard InChI is InChI=1S/C50H46N2P2/c1-39(47-35-19-23-41-21-15-17-33-49(41)47)51(53(43-25-7-3-8-26-43)44-27-9-4-10-28-44)37-38-52(40(2)48-36-20-24-42-22-16-18-34-50(42)48)54(45-29-11-5-12-30-45)46-31-13-6-14-32-46/h3-36,39-40H,37-38H2,1-2H3. The highest BCUT2D eigenvalue weighted by Crippen LogP contribution is 2.49. The average molecular weight is 737 g/mol. The molecule has 0 N–H and O–H groups in total. The molecule has 54 heavy (non-hydrogen) atoms. The lowest BCUT2D eigenvalue weighted by atomic mass is 9.99. The molecule has 0 aromatic heterocycles. The Kier molecular flexibility index (Phi) is 11.4. The van der Waals surface area contributed by atoms with Crippen molar-refractivity contribution < 1.29 is 0 Å². The lowest BCUT2D eigenvalue weighted by molar-refractivity contribution is 0.303. The second kappa shape index (κ2) is 17.0. The molecule has 0 bridgehead atoms. The topological polar surface area (TPSA) is 6.48 Å². The smallest absolute Gasteiger partial charge is 0.0368 e. The Bertz CT molecular complexity index is 2140. The molecular formula is C50H46N2P2. The van der Waals surface area contributed by atoms with Crippen LogP contribution in [0, 0.1) is 0 Å². The van der Waals surface area contributed by atoms with Crippen LogP contribution in [0.5, 0.6) is 0 Å². The molecule has 0 heterocycles. The molecule has 0 radical (unpaired) electrons. The number of rotatable bonds is 13. The Morgan fingerprint density at radius 2 is 0.611 bits per heavy atom. The monoisotopic (exact) mass is 736 g/mol. The molecular weight excluding hydrogens is 691 g/mol. The van der Waals surface area contributed by atoms with Gasteiger partial charge in [-0.2, -0.15) is 0 Å². The highest BCUT2D eigenvalue weighted by Gasteiger charge is 2.33. The first-order valence-electron chi connectivity index (χ1n) is 19.0. The molecule has 0 saturated heterocycles. The zero-order chi connectivity index (χ0) is 36.7. The van der Waals surface area contributed by atoms with Crippen molar-refractivity contribution in [1.29, 1.82) is 0 Å². The summed E-state index contributed by atoms with van der Waals surface area (Å²) in [5, 5.41) is 10.7. The van der Waals surface area contributed by atoms with E-state index < -0.39 is 16.1 Å². The van der Waals surface area contributed by atoms with E-state index in [2.05, 4.69) is 229 Å². The Hall–Kier alpha value is -4.94. The van der Waals surface area contributed by atoms with Crippen LogP contribution in [0.1, 0.15) is 37.1 Å². The summed E-state index contributed by atoms with van der Waals surface area (Å²) in [6.07, 6.45) is 0. The van der Waals surface area contributed by atoms with Crippen LogP contribution >= 0.6 is 16.1 Å². The average Bonchev–Trinajstić information content (AvgIpc) is 3.25. The second-order valence-corrected chi connectivity index (χ2v) is 18.1. The zero-order valence-electron chi connectivity index (χ0n) is 31.0. The van der Waals surface area contributed by atoms with Gasteiger partial charge in [0.1, 0.15) is 0 Å². The molecule has 0 aliphatic heterocycles. The van der Waals surface area contributed by atoms with Gasteiger partial charge in [-0.05, 0) is 67.7 Å². The maximum absolute atomic E-state index is 2.83. The van der Waals surface area contributed by atoms with E-state index in [0.717, 1.165) is 13.1 Å². The molecule has 0 saturated carbocycles. The molecule has 8 aromatic carbocycles. The third-order valence-corrected chi connectivity index (χ3v) is 15.8. The van der Waals surface area contributed by atoms with E-state index in [9.17, 15) is 0 Å². The lowest BCUT2D eigenvalue weighted by Gasteiger charge is -2.42. The lowest BCUT2D eigenvalue weighted by Crippen LogP contribution is -2.39. The van der Waals surface area contributed by atoms with E-state index in [1.807, 2.05) is 0 Å². The summed E-state index contributed by atoms with van der Waals surface area (Å²) in [4.78, 5) is 0. The summed E-state index contributed by atoms with van der Waals surface area (Å²) >= 11 is 0. The largest absolute Gasteiger partial charge is 0.266 e. The summed E-state index contributed by atoms with van der Waals surface area (Å²) in [7, 11) is -1.76. The fraction of sp³-hybridized carbons (Fsp3) is 0.120. The Labute approximate surface area is 323 Å². The number of nitrogens with zero attached hydrogens (tertiary/aromatic N) is 2. The van der Waals surface area contributed by atoms with Gasteiger partial charge in [-0.15, -0.1) is 0 Å². The van der Waals surface area contributed by atoms with E-state index >= 15 is 0 Å². The molecule has 8 rings (SSSR count). The van der Waals surface area contributed by atoms with Crippen molar-refractivity contribution in [3.63, 3.8) is 0 Å². The van der Waals surface area contributed by atoms with Crippen LogP contribution < -0.4 is 21.2 Å². The van der Waals surface area contributed by atoms with Gasteiger partial charge in [0.05, 0.1) is 0 Å². The third kappa shape index (κ3) is 7.67. The molecule has 0 aliphatic carbocycles. The fourth-order valence-electron chi connectivity index (χ4n) is 7.86. The van der Waals surface area contributed by atoms with Crippen LogP contribution in [-0.2, 0) is 0 Å². The first-order chi connectivity index (χ1) is 26.7. The summed E-state index contributed by atoms with van der Waals surface area (Å²) in [5.74, 6) is 0. The minimum absolute atomic E-state index is 0.150. The number of hydrogen-bond acceptors (Lipinski definition) is 2. The van der Waals surface area contributed by atoms with Gasteiger partial charge in [0.25, 0.3) is 0 Å². The van der Waals surface area contributed by atoms with E-state index in [1.165, 1.54) is 53.9 Å². The SMILES string of the molecule is CC(c1cccc2ccccc12)N(CCN(C(C)c1cccc2ccccc12)P(c1ccccc1)c1ccccc1)P(c1ccccc1)c1ccccc1. The maximum atomic E-state index is 2.83. The summed E-state index contributed by atoms with van der Waals surface area (Å²) in [6.45, 7) is 6.62. The summed E-state index contributed by atoms with van der Waals surface area (Å²) in [6, 6.07) is 76.5. The fourth-order valence-corrected chi connectivity index (χ4v) is 13.0. The van der Waals surface area contributed by atoms with Crippen molar-refractivity contribution in [2.24, 2.45) is 0 Å². The molecule has 4 heteroatoms. The van der Waals surface area contributed by atoms with Gasteiger partial charge < -0.3 is 0 Å². The molecule has 8 aromatic rings. The van der Waals surface area contributed by atoms with E-state index in [-0.39, 0.29) is 12.1 Å². The Balaban J connectivity index is 1.29. The van der Waals surface area contributed by atoms with Crippen LogP contribution in [0.15, 0.2) is 206 Å². The van der Waals surface area contributed by atoms with Crippen LogP contribution in [-0.4, -0.2) is 22.4 Å². The molecule has 2 atom stereocenters. The Morgan fingerprint density at radius 3 is 0.944 bits per heavy atom. The van der Waals surface area contributed by atoms with Crippen molar-refractivity contribution >= 4 is 58.9 Å². The first-order valence-corrected chi connectivity index (χ1v) is 21.5. The molecule has 2 nitrogen and oxygen atoms in total. The predicted molar refractivity (Wildman–Crippen MR) is 236 cm³/mol. The highest BCUT2D eigenvalue weighted by molar-refractivity contribution is 7.71. The van der Waals surface area contributed by atoms with Gasteiger partial charge >= 0.3 is 0 Å². The molecule has 2 unspecified atom stereocenters.